The lowest BCUT2D eigenvalue weighted by Crippen LogP contribution is -2.19. The van der Waals surface area contributed by atoms with E-state index in [4.69, 9.17) is 18.9 Å². The van der Waals surface area contributed by atoms with Crippen molar-refractivity contribution in [3.63, 3.8) is 0 Å². The number of methoxy groups -OCH3 is 2. The zero-order chi connectivity index (χ0) is 14.5. The van der Waals surface area contributed by atoms with Gasteiger partial charge in [0.2, 0.25) is 0 Å². The molecule has 0 bridgehead atoms. The molecule has 1 atom stereocenters. The molecule has 0 saturated carbocycles. The monoisotopic (exact) mass is 280 g/mol. The Balaban J connectivity index is 2.06. The summed E-state index contributed by atoms with van der Waals surface area (Å²) in [6, 6.07) is 5.01. The Morgan fingerprint density at radius 2 is 1.95 bits per heavy atom. The first kappa shape index (κ1) is 14.2. The highest BCUT2D eigenvalue weighted by Gasteiger charge is 2.26. The van der Waals surface area contributed by atoms with E-state index in [1.165, 1.54) is 14.2 Å². The van der Waals surface area contributed by atoms with Crippen molar-refractivity contribution in [3.05, 3.63) is 23.8 Å². The highest BCUT2D eigenvalue weighted by molar-refractivity contribution is 5.95. The van der Waals surface area contributed by atoms with Gasteiger partial charge in [-0.1, -0.05) is 6.07 Å². The first-order valence-corrected chi connectivity index (χ1v) is 6.23. The number of hydrogen-bond donors (Lipinski definition) is 0. The highest BCUT2D eigenvalue weighted by atomic mass is 16.6. The van der Waals surface area contributed by atoms with Crippen molar-refractivity contribution in [3.8, 4) is 11.5 Å². The van der Waals surface area contributed by atoms with Crippen molar-refractivity contribution < 1.29 is 28.5 Å². The van der Waals surface area contributed by atoms with Gasteiger partial charge in [0.05, 0.1) is 14.2 Å². The Bertz CT molecular complexity index is 488. The quantitative estimate of drug-likeness (QED) is 0.762. The third-order valence-corrected chi connectivity index (χ3v) is 3.00. The molecule has 2 rings (SSSR count). The molecule has 0 aromatic heterocycles. The number of carbonyl (C=O) groups excluding carboxylic acids is 2. The molecule has 20 heavy (non-hydrogen) atoms. The molecule has 0 N–H and O–H groups in total. The van der Waals surface area contributed by atoms with Crippen LogP contribution in [0.4, 0.5) is 0 Å². The highest BCUT2D eigenvalue weighted by Crippen LogP contribution is 2.29. The Morgan fingerprint density at radius 1 is 1.30 bits per heavy atom. The SMILES string of the molecule is COc1cccc(OC)c1C(=O)OCC1CCC(=O)O1. The predicted octanol–water partition coefficient (Wildman–Crippen LogP) is 1.57. The molecule has 0 radical (unpaired) electrons. The lowest BCUT2D eigenvalue weighted by atomic mass is 10.1. The van der Waals surface area contributed by atoms with E-state index < -0.39 is 5.97 Å². The summed E-state index contributed by atoms with van der Waals surface area (Å²) in [6.07, 6.45) is 0.558. The number of esters is 2. The molecule has 1 aromatic rings. The van der Waals surface area contributed by atoms with Crippen LogP contribution in [0.2, 0.25) is 0 Å². The molecule has 6 heteroatoms. The second kappa shape index (κ2) is 6.27. The Hall–Kier alpha value is -2.24. The fourth-order valence-corrected chi connectivity index (χ4v) is 1.99. The summed E-state index contributed by atoms with van der Waals surface area (Å²) in [5.41, 5.74) is 0.224. The molecule has 1 aliphatic heterocycles. The third-order valence-electron chi connectivity index (χ3n) is 3.00. The Labute approximate surface area is 116 Å². The molecule has 1 aromatic carbocycles. The van der Waals surface area contributed by atoms with E-state index in [0.717, 1.165) is 0 Å². The van der Waals surface area contributed by atoms with E-state index in [9.17, 15) is 9.59 Å². The van der Waals surface area contributed by atoms with Crippen LogP contribution in [0.5, 0.6) is 11.5 Å². The normalized spacial score (nSPS) is 17.5. The van der Waals surface area contributed by atoms with Crippen LogP contribution in [-0.4, -0.2) is 38.9 Å². The first-order valence-electron chi connectivity index (χ1n) is 6.23. The van der Waals surface area contributed by atoms with Crippen LogP contribution < -0.4 is 9.47 Å². The van der Waals surface area contributed by atoms with Gasteiger partial charge in [0.25, 0.3) is 0 Å². The van der Waals surface area contributed by atoms with Crippen molar-refractivity contribution in [2.75, 3.05) is 20.8 Å². The topological polar surface area (TPSA) is 71.1 Å². The van der Waals surface area contributed by atoms with Crippen molar-refractivity contribution >= 4 is 11.9 Å². The molecular formula is C14H16O6. The number of ether oxygens (including phenoxy) is 4. The maximum Gasteiger partial charge on any atom is 0.345 e. The van der Waals surface area contributed by atoms with E-state index in [1.54, 1.807) is 18.2 Å². The molecule has 1 heterocycles. The Morgan fingerprint density at radius 3 is 2.45 bits per heavy atom. The minimum atomic E-state index is -0.567. The first-order chi connectivity index (χ1) is 9.65. The van der Waals surface area contributed by atoms with Gasteiger partial charge in [0, 0.05) is 6.42 Å². The largest absolute Gasteiger partial charge is 0.496 e. The molecular weight excluding hydrogens is 264 g/mol. The van der Waals surface area contributed by atoms with E-state index >= 15 is 0 Å². The van der Waals surface area contributed by atoms with Gasteiger partial charge in [-0.2, -0.15) is 0 Å². The molecule has 0 spiro atoms. The minimum Gasteiger partial charge on any atom is -0.496 e. The molecule has 1 saturated heterocycles. The van der Waals surface area contributed by atoms with Gasteiger partial charge < -0.3 is 18.9 Å². The summed E-state index contributed by atoms with van der Waals surface area (Å²) in [5, 5.41) is 0. The summed E-state index contributed by atoms with van der Waals surface area (Å²) in [4.78, 5) is 23.1. The molecule has 0 aliphatic carbocycles. The second-order valence-corrected chi connectivity index (χ2v) is 4.29. The van der Waals surface area contributed by atoms with Crippen LogP contribution in [0.1, 0.15) is 23.2 Å². The molecule has 1 aliphatic rings. The van der Waals surface area contributed by atoms with Gasteiger partial charge >= 0.3 is 11.9 Å². The van der Waals surface area contributed by atoms with Gasteiger partial charge in [-0.05, 0) is 18.6 Å². The van der Waals surface area contributed by atoms with E-state index in [-0.39, 0.29) is 24.2 Å². The Kier molecular flexibility index (Phi) is 4.45. The predicted molar refractivity (Wildman–Crippen MR) is 68.9 cm³/mol. The summed E-state index contributed by atoms with van der Waals surface area (Å²) >= 11 is 0. The van der Waals surface area contributed by atoms with Gasteiger partial charge in [-0.3, -0.25) is 4.79 Å². The van der Waals surface area contributed by atoms with Crippen molar-refractivity contribution in [1.29, 1.82) is 0 Å². The fourth-order valence-electron chi connectivity index (χ4n) is 1.99. The molecule has 1 fully saturated rings. The second-order valence-electron chi connectivity index (χ2n) is 4.29. The number of hydrogen-bond acceptors (Lipinski definition) is 6. The minimum absolute atomic E-state index is 0.0335. The van der Waals surface area contributed by atoms with Crippen molar-refractivity contribution in [2.45, 2.75) is 18.9 Å². The summed E-state index contributed by atoms with van der Waals surface area (Å²) in [7, 11) is 2.93. The maximum atomic E-state index is 12.1. The third kappa shape index (κ3) is 3.01. The number of rotatable bonds is 5. The van der Waals surface area contributed by atoms with Gasteiger partial charge in [-0.25, -0.2) is 4.79 Å². The average Bonchev–Trinajstić information content (AvgIpc) is 2.89. The molecule has 108 valence electrons. The van der Waals surface area contributed by atoms with Crippen LogP contribution >= 0.6 is 0 Å². The zero-order valence-electron chi connectivity index (χ0n) is 11.4. The van der Waals surface area contributed by atoms with Crippen LogP contribution in [0.15, 0.2) is 18.2 Å². The van der Waals surface area contributed by atoms with Crippen molar-refractivity contribution in [2.24, 2.45) is 0 Å². The lowest BCUT2D eigenvalue weighted by Gasteiger charge is -2.14. The maximum absolute atomic E-state index is 12.1. The number of carbonyl (C=O) groups is 2. The molecule has 6 nitrogen and oxygen atoms in total. The number of benzene rings is 1. The smallest absolute Gasteiger partial charge is 0.345 e. The summed E-state index contributed by atoms with van der Waals surface area (Å²) in [6.45, 7) is 0.0335. The summed E-state index contributed by atoms with van der Waals surface area (Å²) < 4.78 is 20.4. The van der Waals surface area contributed by atoms with Crippen LogP contribution in [0.25, 0.3) is 0 Å². The summed E-state index contributed by atoms with van der Waals surface area (Å²) in [5.74, 6) is -0.0845. The van der Waals surface area contributed by atoms with E-state index in [2.05, 4.69) is 0 Å². The van der Waals surface area contributed by atoms with Gasteiger partial charge in [-0.15, -0.1) is 0 Å². The van der Waals surface area contributed by atoms with Crippen molar-refractivity contribution in [1.82, 2.24) is 0 Å². The standard InChI is InChI=1S/C14H16O6/c1-17-10-4-3-5-11(18-2)13(10)14(16)19-8-9-6-7-12(15)20-9/h3-5,9H,6-8H2,1-2H3. The van der Waals surface area contributed by atoms with E-state index in [0.29, 0.717) is 24.3 Å². The zero-order valence-corrected chi connectivity index (χ0v) is 11.4. The average molecular weight is 280 g/mol. The molecule has 0 amide bonds. The number of cyclic esters (lactones) is 1. The van der Waals surface area contributed by atoms with Crippen LogP contribution in [-0.2, 0) is 14.3 Å². The van der Waals surface area contributed by atoms with E-state index in [1.807, 2.05) is 0 Å². The van der Waals surface area contributed by atoms with Gasteiger partial charge in [0.15, 0.2) is 0 Å². The lowest BCUT2D eigenvalue weighted by molar-refractivity contribution is -0.142. The van der Waals surface area contributed by atoms with Gasteiger partial charge in [0.1, 0.15) is 29.8 Å². The van der Waals surface area contributed by atoms with Crippen LogP contribution in [0, 0.1) is 0 Å². The van der Waals surface area contributed by atoms with Crippen LogP contribution in [0.3, 0.4) is 0 Å². The fraction of sp³-hybridized carbons (Fsp3) is 0.429. The molecule has 1 unspecified atom stereocenters.